The zero-order valence-corrected chi connectivity index (χ0v) is 8.68. The number of hydrogen-bond donors (Lipinski definition) is 1. The maximum Gasteiger partial charge on any atom is 0.314 e. The molecule has 7 heteroatoms. The van der Waals surface area contributed by atoms with Crippen LogP contribution in [-0.4, -0.2) is 26.9 Å². The van der Waals surface area contributed by atoms with Crippen LogP contribution in [-0.2, 0) is 6.42 Å². The SMILES string of the molecule is OCCc1ccc(-c2nnc(C(F)F)o2)cn1. The van der Waals surface area contributed by atoms with Gasteiger partial charge in [-0.05, 0) is 12.1 Å². The second-order valence-corrected chi connectivity index (χ2v) is 3.26. The van der Waals surface area contributed by atoms with E-state index in [2.05, 4.69) is 15.2 Å². The van der Waals surface area contributed by atoms with Gasteiger partial charge in [0.15, 0.2) is 0 Å². The molecule has 0 aliphatic heterocycles. The van der Waals surface area contributed by atoms with E-state index in [1.165, 1.54) is 6.20 Å². The maximum absolute atomic E-state index is 12.2. The minimum Gasteiger partial charge on any atom is -0.415 e. The molecule has 0 atom stereocenters. The highest BCUT2D eigenvalue weighted by Crippen LogP contribution is 2.22. The third-order valence-electron chi connectivity index (χ3n) is 2.07. The molecule has 2 heterocycles. The molecule has 0 spiro atoms. The fourth-order valence-corrected chi connectivity index (χ4v) is 1.25. The first-order chi connectivity index (χ1) is 8.20. The quantitative estimate of drug-likeness (QED) is 0.880. The normalized spacial score (nSPS) is 11.1. The first kappa shape index (κ1) is 11.6. The number of rotatable bonds is 4. The predicted molar refractivity (Wildman–Crippen MR) is 53.3 cm³/mol. The van der Waals surface area contributed by atoms with Crippen LogP contribution in [0.15, 0.2) is 22.7 Å². The molecular weight excluding hydrogens is 232 g/mol. The Kier molecular flexibility index (Phi) is 3.38. The number of nitrogens with zero attached hydrogens (tertiary/aromatic N) is 3. The Balaban J connectivity index is 2.21. The van der Waals surface area contributed by atoms with E-state index in [1.54, 1.807) is 12.1 Å². The van der Waals surface area contributed by atoms with Crippen molar-refractivity contribution < 1.29 is 18.3 Å². The van der Waals surface area contributed by atoms with Gasteiger partial charge in [0, 0.05) is 24.9 Å². The summed E-state index contributed by atoms with van der Waals surface area (Å²) in [4.78, 5) is 4.02. The largest absolute Gasteiger partial charge is 0.415 e. The standard InChI is InChI=1S/C10H9F2N3O2/c11-8(12)10-15-14-9(17-10)6-1-2-7(3-4-16)13-5-6/h1-2,5,8,16H,3-4H2. The monoisotopic (exact) mass is 241 g/mol. The third kappa shape index (κ3) is 2.62. The smallest absolute Gasteiger partial charge is 0.314 e. The molecule has 0 amide bonds. The van der Waals surface area contributed by atoms with Crippen molar-refractivity contribution in [3.63, 3.8) is 0 Å². The van der Waals surface area contributed by atoms with Crippen molar-refractivity contribution in [3.05, 3.63) is 29.9 Å². The summed E-state index contributed by atoms with van der Waals surface area (Å²) in [5.41, 5.74) is 1.16. The van der Waals surface area contributed by atoms with Gasteiger partial charge in [-0.2, -0.15) is 8.78 Å². The highest BCUT2D eigenvalue weighted by atomic mass is 19.3. The van der Waals surface area contributed by atoms with Crippen LogP contribution in [0.1, 0.15) is 18.0 Å². The van der Waals surface area contributed by atoms with Gasteiger partial charge in [0.2, 0.25) is 5.89 Å². The second-order valence-electron chi connectivity index (χ2n) is 3.26. The Morgan fingerprint density at radius 2 is 2.12 bits per heavy atom. The first-order valence-electron chi connectivity index (χ1n) is 4.88. The van der Waals surface area contributed by atoms with E-state index >= 15 is 0 Å². The Morgan fingerprint density at radius 1 is 1.29 bits per heavy atom. The molecule has 0 saturated carbocycles. The molecule has 0 saturated heterocycles. The summed E-state index contributed by atoms with van der Waals surface area (Å²) in [7, 11) is 0. The Hall–Kier alpha value is -1.89. The number of aliphatic hydroxyl groups excluding tert-OH is 1. The minimum atomic E-state index is -2.78. The number of halogens is 2. The van der Waals surface area contributed by atoms with Crippen LogP contribution in [0, 0.1) is 0 Å². The molecule has 0 radical (unpaired) electrons. The van der Waals surface area contributed by atoms with Gasteiger partial charge >= 0.3 is 6.43 Å². The van der Waals surface area contributed by atoms with Crippen LogP contribution in [0.3, 0.4) is 0 Å². The van der Waals surface area contributed by atoms with Crippen LogP contribution in [0.4, 0.5) is 8.78 Å². The summed E-state index contributed by atoms with van der Waals surface area (Å²) in [5.74, 6) is -0.706. The fourth-order valence-electron chi connectivity index (χ4n) is 1.25. The van der Waals surface area contributed by atoms with Gasteiger partial charge in [-0.15, -0.1) is 10.2 Å². The van der Waals surface area contributed by atoms with Gasteiger partial charge in [0.05, 0.1) is 5.56 Å². The van der Waals surface area contributed by atoms with Crippen molar-refractivity contribution in [1.82, 2.24) is 15.2 Å². The summed E-state index contributed by atoms with van der Waals surface area (Å²) in [6, 6.07) is 3.29. The van der Waals surface area contributed by atoms with Crippen LogP contribution in [0.2, 0.25) is 0 Å². The molecule has 0 aromatic carbocycles. The van der Waals surface area contributed by atoms with Gasteiger partial charge in [0.1, 0.15) is 0 Å². The molecule has 17 heavy (non-hydrogen) atoms. The molecular formula is C10H9F2N3O2. The fraction of sp³-hybridized carbons (Fsp3) is 0.300. The first-order valence-corrected chi connectivity index (χ1v) is 4.88. The second kappa shape index (κ2) is 4.96. The van der Waals surface area contributed by atoms with E-state index in [0.717, 1.165) is 0 Å². The lowest BCUT2D eigenvalue weighted by atomic mass is 10.2. The number of aliphatic hydroxyl groups is 1. The van der Waals surface area contributed by atoms with Crippen molar-refractivity contribution in [2.45, 2.75) is 12.8 Å². The summed E-state index contributed by atoms with van der Waals surface area (Å²) in [5, 5.41) is 15.4. The predicted octanol–water partition coefficient (Wildman–Crippen LogP) is 1.60. The van der Waals surface area contributed by atoms with Crippen molar-refractivity contribution in [1.29, 1.82) is 0 Å². The highest BCUT2D eigenvalue weighted by Gasteiger charge is 2.16. The molecule has 1 N–H and O–H groups in total. The van der Waals surface area contributed by atoms with Gasteiger partial charge in [-0.1, -0.05) is 0 Å². The maximum atomic E-state index is 12.2. The molecule has 5 nitrogen and oxygen atoms in total. The van der Waals surface area contributed by atoms with E-state index < -0.39 is 12.3 Å². The van der Waals surface area contributed by atoms with Crippen molar-refractivity contribution in [2.75, 3.05) is 6.61 Å². The van der Waals surface area contributed by atoms with E-state index in [-0.39, 0.29) is 12.5 Å². The number of alkyl halides is 2. The summed E-state index contributed by atoms with van der Waals surface area (Å²) < 4.78 is 29.2. The average Bonchev–Trinajstić information content (AvgIpc) is 2.80. The van der Waals surface area contributed by atoms with E-state index in [1.807, 2.05) is 0 Å². The minimum absolute atomic E-state index is 0.00242. The van der Waals surface area contributed by atoms with Crippen LogP contribution in [0.25, 0.3) is 11.5 Å². The Morgan fingerprint density at radius 3 is 2.65 bits per heavy atom. The van der Waals surface area contributed by atoms with E-state index in [0.29, 0.717) is 17.7 Å². The third-order valence-corrected chi connectivity index (χ3v) is 2.07. The number of pyridine rings is 1. The summed E-state index contributed by atoms with van der Waals surface area (Å²) >= 11 is 0. The summed E-state index contributed by atoms with van der Waals surface area (Å²) in [6.07, 6.45) is -0.905. The van der Waals surface area contributed by atoms with E-state index in [9.17, 15) is 8.78 Å². The zero-order chi connectivity index (χ0) is 12.3. The molecule has 0 aliphatic rings. The van der Waals surface area contributed by atoms with Crippen LogP contribution < -0.4 is 0 Å². The molecule has 0 aliphatic carbocycles. The molecule has 0 bridgehead atoms. The Bertz CT molecular complexity index is 485. The molecule has 90 valence electrons. The lowest BCUT2D eigenvalue weighted by Gasteiger charge is -1.98. The Labute approximate surface area is 95.1 Å². The topological polar surface area (TPSA) is 72.0 Å². The molecule has 2 aromatic heterocycles. The molecule has 0 unspecified atom stereocenters. The zero-order valence-electron chi connectivity index (χ0n) is 8.68. The summed E-state index contributed by atoms with van der Waals surface area (Å²) in [6.45, 7) is 0.00242. The van der Waals surface area contributed by atoms with Gasteiger partial charge in [-0.25, -0.2) is 0 Å². The van der Waals surface area contributed by atoms with Crippen LogP contribution >= 0.6 is 0 Å². The lowest BCUT2D eigenvalue weighted by Crippen LogP contribution is -1.93. The molecule has 2 aromatic rings. The van der Waals surface area contributed by atoms with Crippen LogP contribution in [0.5, 0.6) is 0 Å². The van der Waals surface area contributed by atoms with Gasteiger partial charge in [0.25, 0.3) is 5.89 Å². The number of hydrogen-bond acceptors (Lipinski definition) is 5. The average molecular weight is 241 g/mol. The van der Waals surface area contributed by atoms with Gasteiger partial charge in [-0.3, -0.25) is 4.98 Å². The van der Waals surface area contributed by atoms with E-state index in [4.69, 9.17) is 9.52 Å². The molecule has 0 fully saturated rings. The van der Waals surface area contributed by atoms with Gasteiger partial charge < -0.3 is 9.52 Å². The lowest BCUT2D eigenvalue weighted by molar-refractivity contribution is 0.116. The van der Waals surface area contributed by atoms with Crippen molar-refractivity contribution in [3.8, 4) is 11.5 Å². The molecule has 2 rings (SSSR count). The van der Waals surface area contributed by atoms with Crippen molar-refractivity contribution >= 4 is 0 Å². The van der Waals surface area contributed by atoms with Crippen molar-refractivity contribution in [2.24, 2.45) is 0 Å². The number of aromatic nitrogens is 3. The highest BCUT2D eigenvalue weighted by molar-refractivity contribution is 5.50.